The van der Waals surface area contributed by atoms with Crippen LogP contribution in [0.25, 0.3) is 10.1 Å². The number of thiophene rings is 1. The van der Waals surface area contributed by atoms with Gasteiger partial charge in [0.25, 0.3) is 0 Å². The normalized spacial score (nSPS) is 10.4. The number of nitriles is 1. The largest absolute Gasteiger partial charge is 0.192 e. The van der Waals surface area contributed by atoms with Crippen molar-refractivity contribution in [3.8, 4) is 6.07 Å². The van der Waals surface area contributed by atoms with Crippen molar-refractivity contribution in [2.45, 2.75) is 9.10 Å². The maximum absolute atomic E-state index is 9.05. The van der Waals surface area contributed by atoms with Crippen LogP contribution < -0.4 is 0 Å². The fraction of sp³-hybridized carbons (Fsp3) is 0.100. The van der Waals surface area contributed by atoms with E-state index in [-0.39, 0.29) is 0 Å². The van der Waals surface area contributed by atoms with Gasteiger partial charge >= 0.3 is 0 Å². The van der Waals surface area contributed by atoms with Gasteiger partial charge in [0.2, 0.25) is 0 Å². The zero-order valence-electron chi connectivity index (χ0n) is 7.44. The summed E-state index contributed by atoms with van der Waals surface area (Å²) in [4.78, 5) is 0.948. The summed E-state index contributed by atoms with van der Waals surface area (Å²) in [5.41, 5.74) is 0.786. The summed E-state index contributed by atoms with van der Waals surface area (Å²) in [7, 11) is 0. The van der Waals surface area contributed by atoms with Gasteiger partial charge < -0.3 is 0 Å². The molecule has 1 aromatic carbocycles. The highest BCUT2D eigenvalue weighted by Gasteiger charge is 2.11. The number of thioether (sulfide) groups is 1. The molecule has 1 aromatic heterocycles. The topological polar surface area (TPSA) is 23.8 Å². The smallest absolute Gasteiger partial charge is 0.102 e. The van der Waals surface area contributed by atoms with Gasteiger partial charge in [0.15, 0.2) is 0 Å². The summed E-state index contributed by atoms with van der Waals surface area (Å²) in [6.07, 6.45) is 1.99. The Bertz CT molecular complexity index is 522. The standard InChI is InChI=1S/C10H7NS3/c1-13-10-7(5-11)6-3-2-4-8(12)9(6)14-10/h2-4,12H,1H3. The summed E-state index contributed by atoms with van der Waals surface area (Å²) in [5, 5.41) is 10.1. The van der Waals surface area contributed by atoms with E-state index in [0.29, 0.717) is 0 Å². The molecule has 0 aliphatic heterocycles. The lowest BCUT2D eigenvalue weighted by Crippen LogP contribution is -1.72. The van der Waals surface area contributed by atoms with Crippen LogP contribution in [0.1, 0.15) is 5.56 Å². The molecule has 70 valence electrons. The molecule has 0 bridgehead atoms. The van der Waals surface area contributed by atoms with Gasteiger partial charge in [-0.25, -0.2) is 0 Å². The second-order valence-electron chi connectivity index (χ2n) is 2.73. The molecule has 0 saturated heterocycles. The average Bonchev–Trinajstić information content (AvgIpc) is 2.57. The first-order valence-corrected chi connectivity index (χ1v) is 6.45. The molecule has 1 heterocycles. The Hall–Kier alpha value is -0.630. The maximum atomic E-state index is 9.05. The first-order valence-electron chi connectivity index (χ1n) is 3.96. The number of benzene rings is 1. The van der Waals surface area contributed by atoms with Gasteiger partial charge in [-0.15, -0.1) is 35.7 Å². The molecule has 1 nitrogen and oxygen atoms in total. The van der Waals surface area contributed by atoms with Crippen LogP contribution in [0.2, 0.25) is 0 Å². The van der Waals surface area contributed by atoms with Gasteiger partial charge in [-0.2, -0.15) is 5.26 Å². The summed E-state index contributed by atoms with van der Waals surface area (Å²) in [5.74, 6) is 0. The van der Waals surface area contributed by atoms with Gasteiger partial charge in [0.05, 0.1) is 14.5 Å². The van der Waals surface area contributed by atoms with Gasteiger partial charge in [0.1, 0.15) is 6.07 Å². The molecule has 4 heteroatoms. The molecule has 2 rings (SSSR count). The minimum atomic E-state index is 0.786. The van der Waals surface area contributed by atoms with E-state index in [1.807, 2.05) is 24.5 Å². The fourth-order valence-corrected chi connectivity index (χ4v) is 3.51. The predicted octanol–water partition coefficient (Wildman–Crippen LogP) is 3.78. The SMILES string of the molecule is CSc1sc2c(S)cccc2c1C#N. The van der Waals surface area contributed by atoms with Crippen LogP contribution >= 0.6 is 35.7 Å². The summed E-state index contributed by atoms with van der Waals surface area (Å²) in [6.45, 7) is 0. The molecule has 14 heavy (non-hydrogen) atoms. The number of hydrogen-bond donors (Lipinski definition) is 1. The average molecular weight is 237 g/mol. The van der Waals surface area contributed by atoms with Crippen molar-refractivity contribution in [2.24, 2.45) is 0 Å². The van der Waals surface area contributed by atoms with Crippen LogP contribution in [0.3, 0.4) is 0 Å². The molecule has 0 radical (unpaired) electrons. The molecule has 0 aliphatic rings. The van der Waals surface area contributed by atoms with E-state index < -0.39 is 0 Å². The van der Waals surface area contributed by atoms with Gasteiger partial charge in [-0.1, -0.05) is 12.1 Å². The van der Waals surface area contributed by atoms with Gasteiger partial charge in [-0.3, -0.25) is 0 Å². The molecule has 0 N–H and O–H groups in total. The number of fused-ring (bicyclic) bond motifs is 1. The van der Waals surface area contributed by atoms with E-state index in [1.165, 1.54) is 0 Å². The highest BCUT2D eigenvalue weighted by atomic mass is 32.2. The van der Waals surface area contributed by atoms with E-state index in [2.05, 4.69) is 18.7 Å². The molecule has 0 aliphatic carbocycles. The molecular weight excluding hydrogens is 230 g/mol. The highest BCUT2D eigenvalue weighted by Crippen LogP contribution is 2.39. The van der Waals surface area contributed by atoms with Crippen molar-refractivity contribution in [1.82, 2.24) is 0 Å². The Morgan fingerprint density at radius 2 is 2.29 bits per heavy atom. The van der Waals surface area contributed by atoms with E-state index in [9.17, 15) is 0 Å². The summed E-state index contributed by atoms with van der Waals surface area (Å²) < 4.78 is 2.18. The van der Waals surface area contributed by atoms with Crippen LogP contribution in [0.5, 0.6) is 0 Å². The second kappa shape index (κ2) is 3.85. The van der Waals surface area contributed by atoms with Gasteiger partial charge in [-0.05, 0) is 12.3 Å². The van der Waals surface area contributed by atoms with Crippen LogP contribution in [-0.2, 0) is 0 Å². The van der Waals surface area contributed by atoms with Crippen molar-refractivity contribution in [1.29, 1.82) is 5.26 Å². The lowest BCUT2D eigenvalue weighted by atomic mass is 10.2. The van der Waals surface area contributed by atoms with Crippen molar-refractivity contribution in [3.05, 3.63) is 23.8 Å². The minimum absolute atomic E-state index is 0.786. The second-order valence-corrected chi connectivity index (χ2v) is 5.31. The number of rotatable bonds is 1. The van der Waals surface area contributed by atoms with Crippen molar-refractivity contribution < 1.29 is 0 Å². The van der Waals surface area contributed by atoms with Crippen LogP contribution in [0.4, 0.5) is 0 Å². The minimum Gasteiger partial charge on any atom is -0.192 e. The zero-order valence-corrected chi connectivity index (χ0v) is 9.97. The summed E-state index contributed by atoms with van der Waals surface area (Å²) in [6, 6.07) is 8.11. The van der Waals surface area contributed by atoms with E-state index in [4.69, 9.17) is 5.26 Å². The predicted molar refractivity (Wildman–Crippen MR) is 65.6 cm³/mol. The quantitative estimate of drug-likeness (QED) is 0.602. The lowest BCUT2D eigenvalue weighted by Gasteiger charge is -1.92. The molecule has 2 aromatic rings. The molecule has 0 unspecified atom stereocenters. The number of hydrogen-bond acceptors (Lipinski definition) is 4. The summed E-state index contributed by atoms with van der Waals surface area (Å²) >= 11 is 7.64. The zero-order chi connectivity index (χ0) is 10.1. The van der Waals surface area contributed by atoms with E-state index >= 15 is 0 Å². The molecular formula is C10H7NS3. The first-order chi connectivity index (χ1) is 6.77. The van der Waals surface area contributed by atoms with Crippen molar-refractivity contribution in [2.75, 3.05) is 6.26 Å². The van der Waals surface area contributed by atoms with E-state index in [0.717, 1.165) is 24.8 Å². The lowest BCUT2D eigenvalue weighted by molar-refractivity contribution is 1.48. The Morgan fingerprint density at radius 3 is 2.93 bits per heavy atom. The van der Waals surface area contributed by atoms with Crippen LogP contribution in [0, 0.1) is 11.3 Å². The third kappa shape index (κ3) is 1.42. The Kier molecular flexibility index (Phi) is 2.73. The molecule has 0 fully saturated rings. The maximum Gasteiger partial charge on any atom is 0.102 e. The van der Waals surface area contributed by atoms with Gasteiger partial charge in [0, 0.05) is 10.3 Å². The third-order valence-corrected chi connectivity index (χ3v) is 4.84. The Labute approximate surface area is 96.2 Å². The first kappa shape index (κ1) is 9.91. The van der Waals surface area contributed by atoms with Crippen molar-refractivity contribution >= 4 is 45.8 Å². The van der Waals surface area contributed by atoms with Crippen LogP contribution in [-0.4, -0.2) is 6.26 Å². The highest BCUT2D eigenvalue weighted by molar-refractivity contribution is 8.00. The Morgan fingerprint density at radius 1 is 1.50 bits per heavy atom. The fourth-order valence-electron chi connectivity index (χ4n) is 1.33. The number of nitrogens with zero attached hydrogens (tertiary/aromatic N) is 1. The molecule has 0 saturated carbocycles. The molecule has 0 spiro atoms. The van der Waals surface area contributed by atoms with Crippen molar-refractivity contribution in [3.63, 3.8) is 0 Å². The third-order valence-electron chi connectivity index (χ3n) is 1.96. The Balaban J connectivity index is 2.88. The number of thiol groups is 1. The monoisotopic (exact) mass is 237 g/mol. The van der Waals surface area contributed by atoms with E-state index in [1.54, 1.807) is 23.1 Å². The molecule has 0 amide bonds. The van der Waals surface area contributed by atoms with Crippen LogP contribution in [0.15, 0.2) is 27.3 Å². The molecule has 0 atom stereocenters.